The van der Waals surface area contributed by atoms with Crippen LogP contribution in [0.3, 0.4) is 0 Å². The molecule has 3 N–H and O–H groups in total. The molecule has 3 aromatic rings. The Balaban J connectivity index is 1.67. The number of carbonyl (C=O) groups is 1. The lowest BCUT2D eigenvalue weighted by Crippen LogP contribution is -2.34. The lowest BCUT2D eigenvalue weighted by atomic mass is 10.2. The maximum Gasteiger partial charge on any atom is 0.321 e. The highest BCUT2D eigenvalue weighted by Gasteiger charge is 2.17. The van der Waals surface area contributed by atoms with Crippen molar-refractivity contribution in [2.45, 2.75) is 4.90 Å². The Hall–Kier alpha value is -3.48. The van der Waals surface area contributed by atoms with Crippen LogP contribution in [0.5, 0.6) is 11.9 Å². The number of nitrogens with zero attached hydrogens (tertiary/aromatic N) is 2. The highest BCUT2D eigenvalue weighted by molar-refractivity contribution is 7.92. The van der Waals surface area contributed by atoms with Gasteiger partial charge in [0, 0.05) is 11.8 Å². The van der Waals surface area contributed by atoms with Crippen LogP contribution in [0.2, 0.25) is 5.02 Å². The summed E-state index contributed by atoms with van der Waals surface area (Å²) < 4.78 is 37.7. The van der Waals surface area contributed by atoms with E-state index >= 15 is 0 Å². The number of amides is 1. The molecule has 1 heterocycles. The fourth-order valence-electron chi connectivity index (χ4n) is 2.54. The molecule has 3 rings (SSSR count). The minimum atomic E-state index is -3.96. The molecule has 0 atom stereocenters. The van der Waals surface area contributed by atoms with Gasteiger partial charge in [-0.2, -0.15) is 9.97 Å². The van der Waals surface area contributed by atoms with E-state index in [1.165, 1.54) is 44.6 Å². The van der Waals surface area contributed by atoms with Gasteiger partial charge in [-0.1, -0.05) is 23.7 Å². The van der Waals surface area contributed by atoms with Crippen LogP contribution in [-0.2, 0) is 10.0 Å². The predicted octanol–water partition coefficient (Wildman–Crippen LogP) is 3.07. The standard InChI is InChI=1S/C20H18ClN5O5S2/c1-30-17-11-16(23-19(24-17)31-2)26-33(28,29)13-9-7-12(8-10-13)22-20(32)25-18(27)14-5-3-4-6-15(14)21/h3-11H,1-2H3,(H,23,24,26)(H2,22,25,27,32). The molecule has 33 heavy (non-hydrogen) atoms. The summed E-state index contributed by atoms with van der Waals surface area (Å²) in [5.41, 5.74) is 0.734. The number of benzene rings is 2. The van der Waals surface area contributed by atoms with Gasteiger partial charge in [-0.25, -0.2) is 8.42 Å². The van der Waals surface area contributed by atoms with Crippen molar-refractivity contribution in [2.75, 3.05) is 24.3 Å². The average molecular weight is 508 g/mol. The molecule has 0 unspecified atom stereocenters. The Morgan fingerprint density at radius 3 is 2.36 bits per heavy atom. The van der Waals surface area contributed by atoms with Crippen LogP contribution >= 0.6 is 23.8 Å². The molecule has 1 amide bonds. The Morgan fingerprint density at radius 1 is 1.03 bits per heavy atom. The minimum absolute atomic E-state index is 0.0221. The van der Waals surface area contributed by atoms with Crippen LogP contribution in [0.15, 0.2) is 59.5 Å². The highest BCUT2D eigenvalue weighted by atomic mass is 35.5. The number of aromatic nitrogens is 2. The first-order valence-corrected chi connectivity index (χ1v) is 11.5. The third-order valence-electron chi connectivity index (χ3n) is 4.08. The van der Waals surface area contributed by atoms with E-state index in [0.717, 1.165) is 0 Å². The van der Waals surface area contributed by atoms with Gasteiger partial charge in [-0.15, -0.1) is 0 Å². The van der Waals surface area contributed by atoms with Crippen LogP contribution < -0.4 is 24.8 Å². The second-order valence-corrected chi connectivity index (χ2v) is 8.80. The zero-order valence-corrected chi connectivity index (χ0v) is 19.7. The molecule has 0 fully saturated rings. The number of halogens is 1. The van der Waals surface area contributed by atoms with Gasteiger partial charge < -0.3 is 14.8 Å². The Morgan fingerprint density at radius 2 is 1.73 bits per heavy atom. The van der Waals surface area contributed by atoms with E-state index in [0.29, 0.717) is 10.7 Å². The Bertz CT molecular complexity index is 1260. The van der Waals surface area contributed by atoms with Crippen LogP contribution in [0.1, 0.15) is 10.4 Å². The molecule has 0 spiro atoms. The SMILES string of the molecule is COc1cc(NS(=O)(=O)c2ccc(NC(=S)NC(=O)c3ccccc3Cl)cc2)nc(OC)n1. The van der Waals surface area contributed by atoms with Crippen molar-refractivity contribution in [3.8, 4) is 11.9 Å². The van der Waals surface area contributed by atoms with E-state index in [-0.39, 0.29) is 33.3 Å². The second kappa shape index (κ2) is 10.4. The number of sulfonamides is 1. The van der Waals surface area contributed by atoms with E-state index in [1.54, 1.807) is 24.3 Å². The summed E-state index contributed by atoms with van der Waals surface area (Å²) in [7, 11) is -1.24. The van der Waals surface area contributed by atoms with E-state index in [2.05, 4.69) is 25.3 Å². The molecule has 10 nitrogen and oxygen atoms in total. The highest BCUT2D eigenvalue weighted by Crippen LogP contribution is 2.21. The van der Waals surface area contributed by atoms with Gasteiger partial charge >= 0.3 is 6.01 Å². The third kappa shape index (κ3) is 6.28. The normalized spacial score (nSPS) is 10.8. The summed E-state index contributed by atoms with van der Waals surface area (Å²) in [6, 6.07) is 13.5. The maximum absolute atomic E-state index is 12.7. The molecule has 0 saturated heterocycles. The topological polar surface area (TPSA) is 132 Å². The molecule has 0 bridgehead atoms. The molecule has 172 valence electrons. The molecule has 0 aliphatic heterocycles. The van der Waals surface area contributed by atoms with Crippen molar-refractivity contribution in [1.29, 1.82) is 0 Å². The summed E-state index contributed by atoms with van der Waals surface area (Å²) >= 11 is 11.1. The van der Waals surface area contributed by atoms with E-state index in [9.17, 15) is 13.2 Å². The van der Waals surface area contributed by atoms with Crippen molar-refractivity contribution in [2.24, 2.45) is 0 Å². The van der Waals surface area contributed by atoms with Crippen molar-refractivity contribution in [3.05, 3.63) is 65.2 Å². The number of hydrogen-bond acceptors (Lipinski definition) is 8. The molecule has 0 aliphatic carbocycles. The number of rotatable bonds is 7. The van der Waals surface area contributed by atoms with Gasteiger partial charge in [0.05, 0.1) is 29.7 Å². The lowest BCUT2D eigenvalue weighted by Gasteiger charge is -2.12. The van der Waals surface area contributed by atoms with Crippen LogP contribution in [0.4, 0.5) is 11.5 Å². The Labute approximate surface area is 200 Å². The van der Waals surface area contributed by atoms with Gasteiger partial charge in [-0.3, -0.25) is 14.8 Å². The second-order valence-electron chi connectivity index (χ2n) is 6.30. The van der Waals surface area contributed by atoms with Crippen molar-refractivity contribution in [1.82, 2.24) is 15.3 Å². The summed E-state index contributed by atoms with van der Waals surface area (Å²) in [5.74, 6) is -0.368. The van der Waals surface area contributed by atoms with Gasteiger partial charge in [0.1, 0.15) is 0 Å². The van der Waals surface area contributed by atoms with E-state index in [4.69, 9.17) is 33.3 Å². The summed E-state index contributed by atoms with van der Waals surface area (Å²) in [6.45, 7) is 0. The van der Waals surface area contributed by atoms with Crippen molar-refractivity contribution in [3.63, 3.8) is 0 Å². The molecule has 13 heteroatoms. The van der Waals surface area contributed by atoms with Gasteiger partial charge in [-0.05, 0) is 48.6 Å². The molecule has 0 aliphatic rings. The lowest BCUT2D eigenvalue weighted by molar-refractivity contribution is 0.0978. The summed E-state index contributed by atoms with van der Waals surface area (Å²) in [5, 5.41) is 5.63. The first-order valence-electron chi connectivity index (χ1n) is 9.18. The number of methoxy groups -OCH3 is 2. The zero-order valence-electron chi connectivity index (χ0n) is 17.3. The number of nitrogens with one attached hydrogen (secondary N) is 3. The smallest absolute Gasteiger partial charge is 0.321 e. The first kappa shape index (κ1) is 24.2. The van der Waals surface area contributed by atoms with Crippen molar-refractivity contribution < 1.29 is 22.7 Å². The van der Waals surface area contributed by atoms with Crippen LogP contribution in [0, 0.1) is 0 Å². The third-order valence-corrected chi connectivity index (χ3v) is 5.99. The number of ether oxygens (including phenoxy) is 2. The van der Waals surface area contributed by atoms with E-state index in [1.807, 2.05) is 0 Å². The largest absolute Gasteiger partial charge is 0.481 e. The number of hydrogen-bond donors (Lipinski definition) is 3. The number of carbonyl (C=O) groups excluding carboxylic acids is 1. The summed E-state index contributed by atoms with van der Waals surface area (Å²) in [4.78, 5) is 20.1. The molecule has 0 radical (unpaired) electrons. The van der Waals surface area contributed by atoms with Gasteiger partial charge in [0.2, 0.25) is 5.88 Å². The Kier molecular flexibility index (Phi) is 7.63. The van der Waals surface area contributed by atoms with Crippen LogP contribution in [0.25, 0.3) is 0 Å². The minimum Gasteiger partial charge on any atom is -0.481 e. The molecule has 1 aromatic heterocycles. The fourth-order valence-corrected chi connectivity index (χ4v) is 3.97. The zero-order chi connectivity index (χ0) is 24.0. The first-order chi connectivity index (χ1) is 15.7. The number of anilines is 2. The average Bonchev–Trinajstić information content (AvgIpc) is 2.79. The molecular formula is C20H18ClN5O5S2. The van der Waals surface area contributed by atoms with Crippen LogP contribution in [-0.4, -0.2) is 43.6 Å². The predicted molar refractivity (Wildman–Crippen MR) is 128 cm³/mol. The van der Waals surface area contributed by atoms with E-state index < -0.39 is 15.9 Å². The molecular weight excluding hydrogens is 490 g/mol. The molecule has 2 aromatic carbocycles. The van der Waals surface area contributed by atoms with Gasteiger partial charge in [0.15, 0.2) is 10.9 Å². The molecule has 0 saturated carbocycles. The summed E-state index contributed by atoms with van der Waals surface area (Å²) in [6.07, 6.45) is 0. The maximum atomic E-state index is 12.7. The number of thiocarbonyl (C=S) groups is 1. The fraction of sp³-hybridized carbons (Fsp3) is 0.100. The van der Waals surface area contributed by atoms with Gasteiger partial charge in [0.25, 0.3) is 15.9 Å². The monoisotopic (exact) mass is 507 g/mol. The quantitative estimate of drug-likeness (QED) is 0.413. The van der Waals surface area contributed by atoms with Crippen molar-refractivity contribution >= 4 is 56.4 Å².